The van der Waals surface area contributed by atoms with Gasteiger partial charge in [-0.1, -0.05) is 24.3 Å². The van der Waals surface area contributed by atoms with E-state index in [-0.39, 0.29) is 49.3 Å². The molecule has 4 rings (SSSR count). The van der Waals surface area contributed by atoms with Gasteiger partial charge in [0.15, 0.2) is 5.69 Å². The van der Waals surface area contributed by atoms with Gasteiger partial charge >= 0.3 is 0 Å². The number of hydrogen-bond acceptors (Lipinski definition) is 5. The molecule has 0 radical (unpaired) electrons. The fraction of sp³-hybridized carbons (Fsp3) is 0.308. The van der Waals surface area contributed by atoms with Crippen LogP contribution in [0, 0.1) is 5.82 Å². The highest BCUT2D eigenvalue weighted by molar-refractivity contribution is 6.07. The summed E-state index contributed by atoms with van der Waals surface area (Å²) < 4.78 is 19.9. The van der Waals surface area contributed by atoms with E-state index in [4.69, 9.17) is 4.74 Å². The largest absolute Gasteiger partial charge is 0.497 e. The Kier molecular flexibility index (Phi) is 7.05. The fourth-order valence-corrected chi connectivity index (χ4v) is 4.33. The van der Waals surface area contributed by atoms with Crippen LogP contribution in [0.15, 0.2) is 54.9 Å². The molecule has 2 N–H and O–H groups in total. The summed E-state index contributed by atoms with van der Waals surface area (Å²) in [6.45, 7) is 4.30. The predicted octanol–water partition coefficient (Wildman–Crippen LogP) is 2.51. The van der Waals surface area contributed by atoms with Crippen LogP contribution in [0.25, 0.3) is 0 Å². The third kappa shape index (κ3) is 4.79. The molecular weight excluding hydrogens is 465 g/mol. The van der Waals surface area contributed by atoms with Gasteiger partial charge in [-0.05, 0) is 49.2 Å². The molecule has 0 aliphatic carbocycles. The van der Waals surface area contributed by atoms with Crippen LogP contribution in [0.4, 0.5) is 4.39 Å². The lowest BCUT2D eigenvalue weighted by atomic mass is 9.94. The Morgan fingerprint density at radius 3 is 2.28 bits per heavy atom. The molecule has 188 valence electrons. The van der Waals surface area contributed by atoms with Crippen LogP contribution in [0.3, 0.4) is 0 Å². The van der Waals surface area contributed by atoms with Gasteiger partial charge in [-0.3, -0.25) is 14.4 Å². The number of likely N-dealkylation sites (N-methyl/N-ethyl adjacent to an activating group) is 1. The van der Waals surface area contributed by atoms with Crippen LogP contribution in [0.1, 0.15) is 46.0 Å². The number of hydrogen-bond donors (Lipinski definition) is 2. The first-order valence-electron chi connectivity index (χ1n) is 11.6. The lowest BCUT2D eigenvalue weighted by molar-refractivity contribution is -0.132. The van der Waals surface area contributed by atoms with Crippen molar-refractivity contribution in [2.45, 2.75) is 39.0 Å². The van der Waals surface area contributed by atoms with E-state index < -0.39 is 17.4 Å². The molecule has 9 nitrogen and oxygen atoms in total. The van der Waals surface area contributed by atoms with E-state index in [0.717, 1.165) is 11.1 Å². The number of rotatable bonds is 8. The lowest BCUT2D eigenvalue weighted by Gasteiger charge is -2.43. The summed E-state index contributed by atoms with van der Waals surface area (Å²) in [6, 6.07) is 13.1. The Bertz CT molecular complexity index is 1270. The van der Waals surface area contributed by atoms with Crippen molar-refractivity contribution in [2.24, 2.45) is 0 Å². The number of nitrogens with zero attached hydrogens (tertiary/aromatic N) is 3. The molecule has 0 fully saturated rings. The Hall–Kier alpha value is -4.21. The van der Waals surface area contributed by atoms with Gasteiger partial charge in [0.1, 0.15) is 22.8 Å². The summed E-state index contributed by atoms with van der Waals surface area (Å²) in [4.78, 5) is 45.2. The molecular formula is C26H28FN5O4. The monoisotopic (exact) mass is 493 g/mol. The van der Waals surface area contributed by atoms with E-state index in [0.29, 0.717) is 5.75 Å². The maximum atomic E-state index is 13.5. The molecule has 0 spiro atoms. The fourth-order valence-electron chi connectivity index (χ4n) is 4.33. The summed E-state index contributed by atoms with van der Waals surface area (Å²) in [5.74, 6) is -0.928. The number of halogens is 1. The van der Waals surface area contributed by atoms with E-state index in [9.17, 15) is 18.8 Å². The number of benzene rings is 2. The number of carbonyl (C=O) groups is 3. The Labute approximate surface area is 208 Å². The number of aromatic nitrogens is 2. The maximum Gasteiger partial charge on any atom is 0.273 e. The number of methoxy groups -OCH3 is 1. The number of ether oxygens (including phenoxy) is 1. The van der Waals surface area contributed by atoms with Crippen LogP contribution >= 0.6 is 0 Å². The molecule has 0 bridgehead atoms. The van der Waals surface area contributed by atoms with E-state index in [1.807, 2.05) is 12.1 Å². The quantitative estimate of drug-likeness (QED) is 0.502. The van der Waals surface area contributed by atoms with Gasteiger partial charge in [0.2, 0.25) is 5.91 Å². The predicted molar refractivity (Wildman–Crippen MR) is 130 cm³/mol. The molecule has 1 atom stereocenters. The van der Waals surface area contributed by atoms with Gasteiger partial charge < -0.3 is 24.8 Å². The normalized spacial score (nSPS) is 16.9. The van der Waals surface area contributed by atoms with Gasteiger partial charge in [0.05, 0.1) is 20.0 Å². The average Bonchev–Trinajstić information content (AvgIpc) is 3.31. The van der Waals surface area contributed by atoms with E-state index in [2.05, 4.69) is 15.6 Å². The number of imidazole rings is 1. The summed E-state index contributed by atoms with van der Waals surface area (Å²) >= 11 is 0. The second-order valence-electron chi connectivity index (χ2n) is 8.73. The van der Waals surface area contributed by atoms with Gasteiger partial charge in [0, 0.05) is 19.6 Å². The van der Waals surface area contributed by atoms with Crippen molar-refractivity contribution in [3.63, 3.8) is 0 Å². The van der Waals surface area contributed by atoms with Crippen molar-refractivity contribution >= 4 is 17.7 Å². The molecule has 0 saturated heterocycles. The van der Waals surface area contributed by atoms with Crippen LogP contribution in [0.5, 0.6) is 5.75 Å². The van der Waals surface area contributed by atoms with Gasteiger partial charge in [0.25, 0.3) is 11.8 Å². The first-order valence-corrected chi connectivity index (χ1v) is 11.6. The highest BCUT2D eigenvalue weighted by Crippen LogP contribution is 2.29. The summed E-state index contributed by atoms with van der Waals surface area (Å²) in [6.07, 6.45) is 1.41. The zero-order chi connectivity index (χ0) is 25.9. The molecule has 0 unspecified atom stereocenters. The van der Waals surface area contributed by atoms with Crippen LogP contribution in [-0.2, 0) is 24.4 Å². The van der Waals surface area contributed by atoms with E-state index >= 15 is 0 Å². The van der Waals surface area contributed by atoms with Crippen molar-refractivity contribution < 1.29 is 23.5 Å². The van der Waals surface area contributed by atoms with Crippen molar-refractivity contribution in [2.75, 3.05) is 13.7 Å². The first kappa shape index (κ1) is 24.9. The second-order valence-corrected chi connectivity index (χ2v) is 8.73. The number of fused-ring (bicyclic) bond motifs is 1. The molecule has 0 saturated carbocycles. The number of nitrogens with one attached hydrogen (secondary N) is 2. The van der Waals surface area contributed by atoms with Crippen molar-refractivity contribution in [1.29, 1.82) is 0 Å². The SMILES string of the molecule is CCN1C(=O)c2c(C(=O)NCc3ccc(OC)cc3)ncn2C[C@]1(C)C(=O)NCc1ccc(F)cc1. The molecule has 36 heavy (non-hydrogen) atoms. The Balaban J connectivity index is 1.49. The van der Waals surface area contributed by atoms with Gasteiger partial charge in [-0.15, -0.1) is 0 Å². The van der Waals surface area contributed by atoms with Crippen molar-refractivity contribution in [3.05, 3.63) is 83.2 Å². The van der Waals surface area contributed by atoms with E-state index in [1.54, 1.807) is 49.8 Å². The molecule has 10 heteroatoms. The van der Waals surface area contributed by atoms with Crippen LogP contribution in [-0.4, -0.2) is 51.4 Å². The average molecular weight is 494 g/mol. The topological polar surface area (TPSA) is 106 Å². The lowest BCUT2D eigenvalue weighted by Crippen LogP contribution is -2.63. The molecule has 1 aliphatic heterocycles. The smallest absolute Gasteiger partial charge is 0.273 e. The molecule has 2 aromatic carbocycles. The standard InChI is InChI=1S/C26H28FN5O4/c1-4-32-24(34)22-21(23(33)28-13-18-7-11-20(36-3)12-8-18)30-16-31(22)15-26(32,2)25(35)29-14-17-5-9-19(27)10-6-17/h5-12,16H,4,13-15H2,1-3H3,(H,28,33)(H,29,35)/t26-/m1/s1. The summed E-state index contributed by atoms with van der Waals surface area (Å²) in [5.41, 5.74) is 0.562. The van der Waals surface area contributed by atoms with Gasteiger partial charge in [-0.25, -0.2) is 9.37 Å². The minimum absolute atomic E-state index is 0.0146. The first-order chi connectivity index (χ1) is 17.3. The minimum Gasteiger partial charge on any atom is -0.497 e. The molecule has 3 aromatic rings. The minimum atomic E-state index is -1.20. The van der Waals surface area contributed by atoms with Crippen LogP contribution < -0.4 is 15.4 Å². The number of amides is 3. The third-order valence-electron chi connectivity index (χ3n) is 6.36. The second kappa shape index (κ2) is 10.2. The third-order valence-corrected chi connectivity index (χ3v) is 6.36. The zero-order valence-corrected chi connectivity index (χ0v) is 20.4. The Morgan fingerprint density at radius 2 is 1.67 bits per heavy atom. The van der Waals surface area contributed by atoms with Crippen molar-refractivity contribution in [1.82, 2.24) is 25.1 Å². The maximum absolute atomic E-state index is 13.5. The van der Waals surface area contributed by atoms with Gasteiger partial charge in [-0.2, -0.15) is 0 Å². The van der Waals surface area contributed by atoms with Crippen molar-refractivity contribution in [3.8, 4) is 5.75 Å². The molecule has 1 aliphatic rings. The summed E-state index contributed by atoms with van der Waals surface area (Å²) in [7, 11) is 1.58. The molecule has 1 aromatic heterocycles. The highest BCUT2D eigenvalue weighted by Gasteiger charge is 2.48. The van der Waals surface area contributed by atoms with Crippen LogP contribution in [0.2, 0.25) is 0 Å². The zero-order valence-electron chi connectivity index (χ0n) is 20.4. The number of carbonyl (C=O) groups excluding carboxylic acids is 3. The summed E-state index contributed by atoms with van der Waals surface area (Å²) in [5, 5.41) is 5.64. The van der Waals surface area contributed by atoms with E-state index in [1.165, 1.54) is 23.4 Å². The Morgan fingerprint density at radius 1 is 1.06 bits per heavy atom. The molecule has 2 heterocycles. The molecule has 3 amide bonds. The highest BCUT2D eigenvalue weighted by atomic mass is 19.1.